The molecular formula is C17H28N2OS. The lowest BCUT2D eigenvalue weighted by Crippen LogP contribution is -2.37. The molecule has 2 N–H and O–H groups in total. The summed E-state index contributed by atoms with van der Waals surface area (Å²) in [7, 11) is 3.87. The van der Waals surface area contributed by atoms with Crippen LogP contribution in [0.3, 0.4) is 0 Å². The number of ether oxygens (including phenoxy) is 1. The molecule has 0 aliphatic carbocycles. The van der Waals surface area contributed by atoms with Crippen molar-refractivity contribution in [2.75, 3.05) is 20.7 Å². The maximum atomic E-state index is 5.79. The Morgan fingerprint density at radius 1 is 1.38 bits per heavy atom. The molecule has 0 amide bonds. The molecule has 0 heterocycles. The van der Waals surface area contributed by atoms with E-state index in [1.165, 1.54) is 5.56 Å². The lowest BCUT2D eigenvalue weighted by Gasteiger charge is -2.30. The molecule has 1 aromatic rings. The predicted octanol–water partition coefficient (Wildman–Crippen LogP) is 3.26. The van der Waals surface area contributed by atoms with E-state index in [0.29, 0.717) is 11.0 Å². The smallest absolute Gasteiger partial charge is 0.122 e. The second kappa shape index (κ2) is 7.76. The van der Waals surface area contributed by atoms with Crippen LogP contribution in [0.15, 0.2) is 24.3 Å². The topological polar surface area (TPSA) is 38.5 Å². The summed E-state index contributed by atoms with van der Waals surface area (Å²) in [5.41, 5.74) is 6.94. The van der Waals surface area contributed by atoms with Crippen LogP contribution in [0.4, 0.5) is 0 Å². The lowest BCUT2D eigenvalue weighted by molar-refractivity contribution is 0.230. The van der Waals surface area contributed by atoms with Crippen LogP contribution in [0, 0.1) is 5.41 Å². The normalized spacial score (nSPS) is 13.2. The molecule has 1 rings (SSSR count). The average molecular weight is 308 g/mol. The Kier molecular flexibility index (Phi) is 6.62. The summed E-state index contributed by atoms with van der Waals surface area (Å²) in [4.78, 5) is 2.94. The molecule has 0 aliphatic rings. The number of para-hydroxylation sites is 1. The highest BCUT2D eigenvalue weighted by molar-refractivity contribution is 7.80. The van der Waals surface area contributed by atoms with E-state index in [4.69, 9.17) is 22.7 Å². The molecule has 0 bridgehead atoms. The SMILES string of the molecule is COc1ccccc1CC(C)N(C)CCC(C)(C)C(N)=S. The molecule has 0 aromatic heterocycles. The van der Waals surface area contributed by atoms with Crippen molar-refractivity contribution in [1.82, 2.24) is 4.90 Å². The molecule has 0 radical (unpaired) electrons. The average Bonchev–Trinajstić information content (AvgIpc) is 2.45. The predicted molar refractivity (Wildman–Crippen MR) is 94.0 cm³/mol. The van der Waals surface area contributed by atoms with Gasteiger partial charge in [-0.05, 0) is 45.0 Å². The van der Waals surface area contributed by atoms with Crippen LogP contribution in [-0.4, -0.2) is 36.6 Å². The van der Waals surface area contributed by atoms with E-state index in [1.807, 2.05) is 12.1 Å². The van der Waals surface area contributed by atoms with Gasteiger partial charge in [-0.1, -0.05) is 44.3 Å². The highest BCUT2D eigenvalue weighted by Gasteiger charge is 2.22. The highest BCUT2D eigenvalue weighted by atomic mass is 32.1. The van der Waals surface area contributed by atoms with Crippen LogP contribution in [0.25, 0.3) is 0 Å². The Morgan fingerprint density at radius 2 is 2.00 bits per heavy atom. The summed E-state index contributed by atoms with van der Waals surface area (Å²) in [5.74, 6) is 0.959. The molecule has 1 aromatic carbocycles. The van der Waals surface area contributed by atoms with Crippen LogP contribution in [0.1, 0.15) is 32.8 Å². The maximum Gasteiger partial charge on any atom is 0.122 e. The number of nitrogens with two attached hydrogens (primary N) is 1. The van der Waals surface area contributed by atoms with Crippen LogP contribution in [0.2, 0.25) is 0 Å². The number of likely N-dealkylation sites (N-methyl/N-ethyl adjacent to an activating group) is 1. The Labute approximate surface area is 134 Å². The van der Waals surface area contributed by atoms with Crippen LogP contribution in [-0.2, 0) is 6.42 Å². The van der Waals surface area contributed by atoms with Gasteiger partial charge < -0.3 is 15.4 Å². The first-order chi connectivity index (χ1) is 9.77. The monoisotopic (exact) mass is 308 g/mol. The van der Waals surface area contributed by atoms with Gasteiger partial charge in [-0.15, -0.1) is 0 Å². The van der Waals surface area contributed by atoms with Gasteiger partial charge >= 0.3 is 0 Å². The minimum atomic E-state index is -0.0895. The number of thiocarbonyl (C=S) groups is 1. The third kappa shape index (κ3) is 5.29. The lowest BCUT2D eigenvalue weighted by atomic mass is 9.89. The fraction of sp³-hybridized carbons (Fsp3) is 0.588. The van der Waals surface area contributed by atoms with E-state index in [0.717, 1.165) is 25.1 Å². The highest BCUT2D eigenvalue weighted by Crippen LogP contribution is 2.23. The second-order valence-electron chi connectivity index (χ2n) is 6.34. The van der Waals surface area contributed by atoms with Crippen LogP contribution in [0.5, 0.6) is 5.75 Å². The van der Waals surface area contributed by atoms with Gasteiger partial charge in [0.05, 0.1) is 12.1 Å². The van der Waals surface area contributed by atoms with E-state index >= 15 is 0 Å². The summed E-state index contributed by atoms with van der Waals surface area (Å²) in [5, 5.41) is 0. The fourth-order valence-corrected chi connectivity index (χ4v) is 2.25. The van der Waals surface area contributed by atoms with Crippen molar-refractivity contribution in [1.29, 1.82) is 0 Å². The Bertz CT molecular complexity index is 474. The number of hydrogen-bond donors (Lipinski definition) is 1. The van der Waals surface area contributed by atoms with Crippen LogP contribution >= 0.6 is 12.2 Å². The standard InChI is InChI=1S/C17H28N2OS/c1-13(12-14-8-6-7-9-15(14)20-5)19(4)11-10-17(2,3)16(18)21/h6-9,13H,10-12H2,1-5H3,(H2,18,21). The summed E-state index contributed by atoms with van der Waals surface area (Å²) in [6, 6.07) is 8.63. The molecule has 4 heteroatoms. The minimum absolute atomic E-state index is 0.0895. The van der Waals surface area contributed by atoms with Gasteiger partial charge in [-0.3, -0.25) is 0 Å². The van der Waals surface area contributed by atoms with Gasteiger partial charge in [0.1, 0.15) is 5.75 Å². The molecule has 1 atom stereocenters. The third-order valence-electron chi connectivity index (χ3n) is 4.22. The van der Waals surface area contributed by atoms with Gasteiger partial charge in [0, 0.05) is 11.5 Å². The van der Waals surface area contributed by atoms with Crippen molar-refractivity contribution in [3.63, 3.8) is 0 Å². The number of nitrogens with zero attached hydrogens (tertiary/aromatic N) is 1. The minimum Gasteiger partial charge on any atom is -0.496 e. The molecular weight excluding hydrogens is 280 g/mol. The van der Waals surface area contributed by atoms with E-state index in [2.05, 4.69) is 44.9 Å². The zero-order valence-corrected chi connectivity index (χ0v) is 14.7. The van der Waals surface area contributed by atoms with Gasteiger partial charge in [0.2, 0.25) is 0 Å². The first-order valence-electron chi connectivity index (χ1n) is 7.40. The maximum absolute atomic E-state index is 5.79. The molecule has 0 spiro atoms. The zero-order valence-electron chi connectivity index (χ0n) is 13.8. The molecule has 1 unspecified atom stereocenters. The number of rotatable bonds is 8. The molecule has 0 fully saturated rings. The second-order valence-corrected chi connectivity index (χ2v) is 6.78. The van der Waals surface area contributed by atoms with Gasteiger partial charge in [0.15, 0.2) is 0 Å². The Hall–Kier alpha value is -1.13. The van der Waals surface area contributed by atoms with Crippen molar-refractivity contribution in [2.24, 2.45) is 11.1 Å². The zero-order chi connectivity index (χ0) is 16.0. The van der Waals surface area contributed by atoms with Gasteiger partial charge in [-0.2, -0.15) is 0 Å². The van der Waals surface area contributed by atoms with Crippen molar-refractivity contribution in [3.8, 4) is 5.75 Å². The molecule has 0 aliphatic heterocycles. The third-order valence-corrected chi connectivity index (χ3v) is 4.77. The largest absolute Gasteiger partial charge is 0.496 e. The van der Waals surface area contributed by atoms with Crippen molar-refractivity contribution < 1.29 is 4.74 Å². The van der Waals surface area contributed by atoms with E-state index in [1.54, 1.807) is 7.11 Å². The quantitative estimate of drug-likeness (QED) is 0.748. The number of methoxy groups -OCH3 is 1. The molecule has 0 saturated heterocycles. The summed E-state index contributed by atoms with van der Waals surface area (Å²) in [6.45, 7) is 7.42. The van der Waals surface area contributed by atoms with E-state index < -0.39 is 0 Å². The van der Waals surface area contributed by atoms with Gasteiger partial charge in [-0.25, -0.2) is 0 Å². The summed E-state index contributed by atoms with van der Waals surface area (Å²) >= 11 is 5.13. The first kappa shape index (κ1) is 17.9. The Morgan fingerprint density at radius 3 is 2.57 bits per heavy atom. The summed E-state index contributed by atoms with van der Waals surface area (Å²) < 4.78 is 5.42. The molecule has 0 saturated carbocycles. The molecule has 118 valence electrons. The number of benzene rings is 1. The van der Waals surface area contributed by atoms with E-state index in [9.17, 15) is 0 Å². The van der Waals surface area contributed by atoms with Crippen molar-refractivity contribution >= 4 is 17.2 Å². The van der Waals surface area contributed by atoms with Crippen molar-refractivity contribution in [3.05, 3.63) is 29.8 Å². The van der Waals surface area contributed by atoms with E-state index in [-0.39, 0.29) is 5.41 Å². The first-order valence-corrected chi connectivity index (χ1v) is 7.81. The van der Waals surface area contributed by atoms with Crippen LogP contribution < -0.4 is 10.5 Å². The molecule has 21 heavy (non-hydrogen) atoms. The van der Waals surface area contributed by atoms with Gasteiger partial charge in [0.25, 0.3) is 0 Å². The summed E-state index contributed by atoms with van der Waals surface area (Å²) in [6.07, 6.45) is 1.93. The number of hydrogen-bond acceptors (Lipinski definition) is 3. The fourth-order valence-electron chi connectivity index (χ4n) is 2.15. The molecule has 3 nitrogen and oxygen atoms in total. The van der Waals surface area contributed by atoms with Crippen molar-refractivity contribution in [2.45, 2.75) is 39.7 Å². The Balaban J connectivity index is 2.59.